The van der Waals surface area contributed by atoms with Crippen LogP contribution in [0.1, 0.15) is 13.3 Å². The summed E-state index contributed by atoms with van der Waals surface area (Å²) in [5, 5.41) is 2.79. The molecule has 21 heavy (non-hydrogen) atoms. The average molecular weight is 294 g/mol. The van der Waals surface area contributed by atoms with Crippen LogP contribution in [0.25, 0.3) is 0 Å². The number of amides is 1. The average Bonchev–Trinajstić information content (AvgIpc) is 2.92. The number of hydrogen-bond donors (Lipinski definition) is 2. The summed E-state index contributed by atoms with van der Waals surface area (Å²) in [7, 11) is 4.11. The van der Waals surface area contributed by atoms with Crippen molar-refractivity contribution in [2.45, 2.75) is 25.4 Å². The van der Waals surface area contributed by atoms with Crippen molar-refractivity contribution in [3.05, 3.63) is 24.0 Å². The summed E-state index contributed by atoms with van der Waals surface area (Å²) in [6.07, 6.45) is 1.06. The normalized spacial score (nSPS) is 20.7. The Balaban J connectivity index is 1.95. The highest BCUT2D eigenvalue weighted by Crippen LogP contribution is 2.19. The maximum absolute atomic E-state index is 13.1. The van der Waals surface area contributed by atoms with Crippen molar-refractivity contribution in [2.24, 2.45) is 0 Å². The maximum Gasteiger partial charge on any atom is 0.241 e. The van der Waals surface area contributed by atoms with E-state index in [0.29, 0.717) is 11.7 Å². The second-order valence-electron chi connectivity index (χ2n) is 5.80. The zero-order valence-corrected chi connectivity index (χ0v) is 12.8. The number of carbonyl (C=O) groups is 1. The molecule has 1 aromatic carbocycles. The fraction of sp³-hybridized carbons (Fsp3) is 0.533. The lowest BCUT2D eigenvalue weighted by atomic mass is 10.2. The van der Waals surface area contributed by atoms with Crippen molar-refractivity contribution >= 4 is 17.3 Å². The number of nitrogens with one attached hydrogen (secondary N) is 1. The van der Waals surface area contributed by atoms with E-state index in [9.17, 15) is 9.18 Å². The molecule has 0 aliphatic carbocycles. The summed E-state index contributed by atoms with van der Waals surface area (Å²) < 4.78 is 13.1. The largest absolute Gasteiger partial charge is 0.396 e. The minimum atomic E-state index is -0.477. The Bertz CT molecular complexity index is 520. The molecular weight excluding hydrogens is 271 g/mol. The SMILES string of the molecule is CC(C(=O)Nc1ccc(F)c(N)c1)N1CCC(N(C)C)C1. The first-order chi connectivity index (χ1) is 9.88. The molecular formula is C15H23FN4O. The van der Waals surface area contributed by atoms with Gasteiger partial charge in [0.15, 0.2) is 0 Å². The van der Waals surface area contributed by atoms with Crippen LogP contribution in [0.5, 0.6) is 0 Å². The molecule has 1 saturated heterocycles. The number of likely N-dealkylation sites (tertiary alicyclic amines) is 1. The van der Waals surface area contributed by atoms with Crippen LogP contribution in [0, 0.1) is 5.82 Å². The number of carbonyl (C=O) groups excluding carboxylic acids is 1. The molecule has 1 heterocycles. The second kappa shape index (κ2) is 6.41. The zero-order chi connectivity index (χ0) is 15.6. The molecule has 2 atom stereocenters. The van der Waals surface area contributed by atoms with Crippen LogP contribution in [0.4, 0.5) is 15.8 Å². The summed E-state index contributed by atoms with van der Waals surface area (Å²) in [6.45, 7) is 3.68. The molecule has 1 aliphatic heterocycles. The summed E-state index contributed by atoms with van der Waals surface area (Å²) >= 11 is 0. The van der Waals surface area contributed by atoms with E-state index in [1.165, 1.54) is 18.2 Å². The van der Waals surface area contributed by atoms with Crippen LogP contribution in [0.2, 0.25) is 0 Å². The quantitative estimate of drug-likeness (QED) is 0.823. The third-order valence-corrected chi connectivity index (χ3v) is 4.12. The highest BCUT2D eigenvalue weighted by atomic mass is 19.1. The van der Waals surface area contributed by atoms with Crippen molar-refractivity contribution in [1.29, 1.82) is 0 Å². The molecule has 1 fully saturated rings. The molecule has 1 aliphatic rings. The number of rotatable bonds is 4. The third kappa shape index (κ3) is 3.71. The molecule has 1 aromatic rings. The van der Waals surface area contributed by atoms with Crippen LogP contribution in [0.3, 0.4) is 0 Å². The summed E-state index contributed by atoms with van der Waals surface area (Å²) in [4.78, 5) is 16.6. The fourth-order valence-corrected chi connectivity index (χ4v) is 2.58. The Hall–Kier alpha value is -1.66. The van der Waals surface area contributed by atoms with Gasteiger partial charge in [-0.05, 0) is 45.6 Å². The monoisotopic (exact) mass is 294 g/mol. The van der Waals surface area contributed by atoms with E-state index >= 15 is 0 Å². The number of benzene rings is 1. The first kappa shape index (κ1) is 15.7. The van der Waals surface area contributed by atoms with Crippen LogP contribution < -0.4 is 11.1 Å². The minimum Gasteiger partial charge on any atom is -0.396 e. The van der Waals surface area contributed by atoms with Gasteiger partial charge in [-0.1, -0.05) is 0 Å². The highest BCUT2D eigenvalue weighted by Gasteiger charge is 2.30. The molecule has 116 valence electrons. The summed E-state index contributed by atoms with van der Waals surface area (Å²) in [5.74, 6) is -0.574. The fourth-order valence-electron chi connectivity index (χ4n) is 2.58. The Morgan fingerprint density at radius 3 is 2.81 bits per heavy atom. The molecule has 5 nitrogen and oxygen atoms in total. The van der Waals surface area contributed by atoms with Gasteiger partial charge in [0.2, 0.25) is 5.91 Å². The first-order valence-electron chi connectivity index (χ1n) is 7.15. The van der Waals surface area contributed by atoms with Crippen molar-refractivity contribution in [1.82, 2.24) is 9.80 Å². The molecule has 3 N–H and O–H groups in total. The van der Waals surface area contributed by atoms with Gasteiger partial charge in [-0.2, -0.15) is 0 Å². The van der Waals surface area contributed by atoms with Crippen LogP contribution in [-0.4, -0.2) is 55.0 Å². The van der Waals surface area contributed by atoms with E-state index in [-0.39, 0.29) is 17.6 Å². The molecule has 2 rings (SSSR count). The Kier molecular flexibility index (Phi) is 4.80. The lowest BCUT2D eigenvalue weighted by Gasteiger charge is -2.25. The molecule has 0 aromatic heterocycles. The Morgan fingerprint density at radius 1 is 1.52 bits per heavy atom. The molecule has 2 unspecified atom stereocenters. The molecule has 0 saturated carbocycles. The second-order valence-corrected chi connectivity index (χ2v) is 5.80. The van der Waals surface area contributed by atoms with E-state index in [4.69, 9.17) is 5.73 Å². The lowest BCUT2D eigenvalue weighted by molar-refractivity contribution is -0.120. The number of hydrogen-bond acceptors (Lipinski definition) is 4. The number of nitrogen functional groups attached to an aromatic ring is 1. The number of anilines is 2. The first-order valence-corrected chi connectivity index (χ1v) is 7.15. The predicted octanol–water partition coefficient (Wildman–Crippen LogP) is 1.37. The van der Waals surface area contributed by atoms with Crippen molar-refractivity contribution in [2.75, 3.05) is 38.2 Å². The summed E-state index contributed by atoms with van der Waals surface area (Å²) in [6, 6.07) is 4.48. The van der Waals surface area contributed by atoms with Gasteiger partial charge < -0.3 is 16.0 Å². The van der Waals surface area contributed by atoms with Gasteiger partial charge in [0.1, 0.15) is 5.82 Å². The topological polar surface area (TPSA) is 61.6 Å². The maximum atomic E-state index is 13.1. The lowest BCUT2D eigenvalue weighted by Crippen LogP contribution is -2.42. The van der Waals surface area contributed by atoms with Gasteiger partial charge in [-0.15, -0.1) is 0 Å². The van der Waals surface area contributed by atoms with Gasteiger partial charge in [0.05, 0.1) is 11.7 Å². The van der Waals surface area contributed by atoms with Crippen molar-refractivity contribution < 1.29 is 9.18 Å². The molecule has 0 radical (unpaired) electrons. The Morgan fingerprint density at radius 2 is 2.24 bits per heavy atom. The van der Waals surface area contributed by atoms with E-state index in [0.717, 1.165) is 19.5 Å². The van der Waals surface area contributed by atoms with E-state index < -0.39 is 5.82 Å². The standard InChI is InChI=1S/C15H23FN4O/c1-10(20-7-6-12(9-20)19(2)3)15(21)18-11-4-5-13(16)14(17)8-11/h4-5,8,10,12H,6-7,9,17H2,1-3H3,(H,18,21). The number of nitrogens with two attached hydrogens (primary N) is 1. The van der Waals surface area contributed by atoms with E-state index in [1.54, 1.807) is 0 Å². The minimum absolute atomic E-state index is 0.0364. The van der Waals surface area contributed by atoms with Crippen LogP contribution >= 0.6 is 0 Å². The van der Waals surface area contributed by atoms with Crippen LogP contribution in [-0.2, 0) is 4.79 Å². The third-order valence-electron chi connectivity index (χ3n) is 4.12. The van der Waals surface area contributed by atoms with Crippen molar-refractivity contribution in [3.8, 4) is 0 Å². The highest BCUT2D eigenvalue weighted by molar-refractivity contribution is 5.94. The smallest absolute Gasteiger partial charge is 0.241 e. The van der Waals surface area contributed by atoms with Gasteiger partial charge in [-0.3, -0.25) is 9.69 Å². The van der Waals surface area contributed by atoms with E-state index in [1.807, 2.05) is 6.92 Å². The molecule has 1 amide bonds. The van der Waals surface area contributed by atoms with E-state index in [2.05, 4.69) is 29.2 Å². The number of nitrogens with zero attached hydrogens (tertiary/aromatic N) is 2. The molecule has 6 heteroatoms. The number of halogens is 1. The van der Waals surface area contributed by atoms with Gasteiger partial charge in [0, 0.05) is 24.8 Å². The Labute approximate surface area is 124 Å². The molecule has 0 spiro atoms. The predicted molar refractivity (Wildman–Crippen MR) is 82.6 cm³/mol. The number of likely N-dealkylation sites (N-methyl/N-ethyl adjacent to an activating group) is 1. The van der Waals surface area contributed by atoms with Gasteiger partial charge >= 0.3 is 0 Å². The van der Waals surface area contributed by atoms with Crippen LogP contribution in [0.15, 0.2) is 18.2 Å². The van der Waals surface area contributed by atoms with Crippen molar-refractivity contribution in [3.63, 3.8) is 0 Å². The molecule has 0 bridgehead atoms. The van der Waals surface area contributed by atoms with Gasteiger partial charge in [0.25, 0.3) is 0 Å². The zero-order valence-electron chi connectivity index (χ0n) is 12.8. The summed E-state index contributed by atoms with van der Waals surface area (Å²) in [5.41, 5.74) is 6.06. The van der Waals surface area contributed by atoms with Gasteiger partial charge in [-0.25, -0.2) is 4.39 Å².